The standard InChI is InChI=1S/C22H26ClFN4/c1-15-6-5-7-19(12-15)28-22(23)20(16(2)26-28)13-25-14-21(27(3)4)17-8-10-18(24)11-9-17/h5-12,21,25H,13-14H2,1-4H3. The fourth-order valence-electron chi connectivity index (χ4n) is 3.28. The largest absolute Gasteiger partial charge is 0.311 e. The molecule has 3 aromatic rings. The molecule has 148 valence electrons. The van der Waals surface area contributed by atoms with Crippen LogP contribution in [0.4, 0.5) is 4.39 Å². The summed E-state index contributed by atoms with van der Waals surface area (Å²) in [5.41, 5.74) is 5.07. The van der Waals surface area contributed by atoms with Gasteiger partial charge in [0.1, 0.15) is 11.0 Å². The average molecular weight is 401 g/mol. The van der Waals surface area contributed by atoms with E-state index in [9.17, 15) is 4.39 Å². The van der Waals surface area contributed by atoms with Crippen molar-refractivity contribution in [2.75, 3.05) is 20.6 Å². The van der Waals surface area contributed by atoms with Crippen molar-refractivity contribution >= 4 is 11.6 Å². The van der Waals surface area contributed by atoms with Crippen LogP contribution in [-0.2, 0) is 6.54 Å². The maximum absolute atomic E-state index is 13.2. The van der Waals surface area contributed by atoms with E-state index in [2.05, 4.69) is 21.4 Å². The van der Waals surface area contributed by atoms with Gasteiger partial charge in [0.25, 0.3) is 0 Å². The molecule has 1 heterocycles. The highest BCUT2D eigenvalue weighted by molar-refractivity contribution is 6.30. The first kappa shape index (κ1) is 20.5. The minimum absolute atomic E-state index is 0.131. The molecule has 1 atom stereocenters. The molecule has 1 unspecified atom stereocenters. The number of aromatic nitrogens is 2. The van der Waals surface area contributed by atoms with E-state index in [1.54, 1.807) is 4.68 Å². The Morgan fingerprint density at radius 3 is 2.50 bits per heavy atom. The molecule has 0 fully saturated rings. The van der Waals surface area contributed by atoms with E-state index >= 15 is 0 Å². The normalized spacial score (nSPS) is 12.5. The zero-order valence-electron chi connectivity index (χ0n) is 16.7. The second-order valence-corrected chi connectivity index (χ2v) is 7.63. The minimum Gasteiger partial charge on any atom is -0.311 e. The summed E-state index contributed by atoms with van der Waals surface area (Å²) in [6, 6.07) is 14.9. The van der Waals surface area contributed by atoms with Crippen LogP contribution in [0.1, 0.15) is 28.4 Å². The molecular weight excluding hydrogens is 375 g/mol. The van der Waals surface area contributed by atoms with Gasteiger partial charge >= 0.3 is 0 Å². The molecule has 4 nitrogen and oxygen atoms in total. The summed E-state index contributed by atoms with van der Waals surface area (Å²) < 4.78 is 15.0. The maximum Gasteiger partial charge on any atom is 0.137 e. The van der Waals surface area contributed by atoms with Crippen molar-refractivity contribution in [3.8, 4) is 5.69 Å². The number of rotatable bonds is 7. The van der Waals surface area contributed by atoms with E-state index in [-0.39, 0.29) is 11.9 Å². The molecule has 0 aliphatic carbocycles. The van der Waals surface area contributed by atoms with Crippen LogP contribution < -0.4 is 5.32 Å². The van der Waals surface area contributed by atoms with Gasteiger partial charge in [0, 0.05) is 24.7 Å². The number of hydrogen-bond acceptors (Lipinski definition) is 3. The first-order chi connectivity index (χ1) is 13.4. The van der Waals surface area contributed by atoms with Crippen molar-refractivity contribution in [2.24, 2.45) is 0 Å². The topological polar surface area (TPSA) is 33.1 Å². The van der Waals surface area contributed by atoms with Gasteiger partial charge in [-0.25, -0.2) is 9.07 Å². The third-order valence-corrected chi connectivity index (χ3v) is 5.27. The van der Waals surface area contributed by atoms with Crippen molar-refractivity contribution in [1.82, 2.24) is 20.0 Å². The highest BCUT2D eigenvalue weighted by Gasteiger charge is 2.17. The molecule has 28 heavy (non-hydrogen) atoms. The molecule has 0 aliphatic heterocycles. The lowest BCUT2D eigenvalue weighted by Gasteiger charge is -2.25. The van der Waals surface area contributed by atoms with Gasteiger partial charge in [-0.15, -0.1) is 0 Å². The van der Waals surface area contributed by atoms with Crippen molar-refractivity contribution in [3.63, 3.8) is 0 Å². The predicted octanol–water partition coefficient (Wildman–Crippen LogP) is 4.67. The summed E-state index contributed by atoms with van der Waals surface area (Å²) in [5, 5.41) is 8.72. The summed E-state index contributed by atoms with van der Waals surface area (Å²) in [7, 11) is 4.04. The summed E-state index contributed by atoms with van der Waals surface area (Å²) in [6.45, 7) is 5.34. The van der Waals surface area contributed by atoms with Gasteiger partial charge < -0.3 is 10.2 Å². The zero-order valence-corrected chi connectivity index (χ0v) is 17.5. The third-order valence-electron chi connectivity index (χ3n) is 4.89. The Bertz CT molecular complexity index is 934. The van der Waals surface area contributed by atoms with E-state index in [1.807, 2.05) is 58.3 Å². The van der Waals surface area contributed by atoms with Gasteiger partial charge in [0.15, 0.2) is 0 Å². The molecule has 0 saturated carbocycles. The Hall–Kier alpha value is -2.21. The van der Waals surface area contributed by atoms with Gasteiger partial charge in [-0.3, -0.25) is 0 Å². The van der Waals surface area contributed by atoms with Crippen LogP contribution in [0.2, 0.25) is 5.15 Å². The average Bonchev–Trinajstić information content (AvgIpc) is 2.94. The molecule has 2 aromatic carbocycles. The molecule has 3 rings (SSSR count). The molecule has 6 heteroatoms. The van der Waals surface area contributed by atoms with E-state index in [1.165, 1.54) is 12.1 Å². The number of halogens is 2. The minimum atomic E-state index is -0.222. The monoisotopic (exact) mass is 400 g/mol. The van der Waals surface area contributed by atoms with Crippen molar-refractivity contribution in [2.45, 2.75) is 26.4 Å². The smallest absolute Gasteiger partial charge is 0.137 e. The Morgan fingerprint density at radius 1 is 1.14 bits per heavy atom. The molecule has 1 aromatic heterocycles. The van der Waals surface area contributed by atoms with Crippen LogP contribution >= 0.6 is 11.6 Å². The predicted molar refractivity (Wildman–Crippen MR) is 113 cm³/mol. The lowest BCUT2D eigenvalue weighted by atomic mass is 10.1. The van der Waals surface area contributed by atoms with Gasteiger partial charge in [-0.2, -0.15) is 5.10 Å². The zero-order chi connectivity index (χ0) is 20.3. The Kier molecular flexibility index (Phi) is 6.50. The first-order valence-electron chi connectivity index (χ1n) is 9.30. The van der Waals surface area contributed by atoms with Crippen LogP contribution in [-0.4, -0.2) is 35.3 Å². The highest BCUT2D eigenvalue weighted by Crippen LogP contribution is 2.24. The number of benzene rings is 2. The fraction of sp³-hybridized carbons (Fsp3) is 0.318. The SMILES string of the molecule is Cc1cccc(-n2nc(C)c(CNCC(c3ccc(F)cc3)N(C)C)c2Cl)c1. The van der Waals surface area contributed by atoms with E-state index < -0.39 is 0 Å². The second kappa shape index (κ2) is 8.86. The van der Waals surface area contributed by atoms with E-state index in [0.29, 0.717) is 18.2 Å². The van der Waals surface area contributed by atoms with Crippen LogP contribution in [0.5, 0.6) is 0 Å². The van der Waals surface area contributed by atoms with Crippen LogP contribution in [0.3, 0.4) is 0 Å². The van der Waals surface area contributed by atoms with Crippen LogP contribution in [0.25, 0.3) is 5.69 Å². The number of hydrogen-bond donors (Lipinski definition) is 1. The molecule has 0 amide bonds. The lowest BCUT2D eigenvalue weighted by Crippen LogP contribution is -2.31. The van der Waals surface area contributed by atoms with Gasteiger partial charge in [0.2, 0.25) is 0 Å². The number of nitrogens with zero attached hydrogens (tertiary/aromatic N) is 3. The Morgan fingerprint density at radius 2 is 1.86 bits per heavy atom. The van der Waals surface area contributed by atoms with Gasteiger partial charge in [-0.05, 0) is 63.3 Å². The Balaban J connectivity index is 1.73. The van der Waals surface area contributed by atoms with E-state index in [4.69, 9.17) is 11.6 Å². The first-order valence-corrected chi connectivity index (χ1v) is 9.68. The molecule has 0 aliphatic rings. The van der Waals surface area contributed by atoms with Crippen LogP contribution in [0.15, 0.2) is 48.5 Å². The Labute approximate surface area is 170 Å². The van der Waals surface area contributed by atoms with Crippen molar-refractivity contribution in [3.05, 3.63) is 81.9 Å². The fourth-order valence-corrected chi connectivity index (χ4v) is 3.62. The van der Waals surface area contributed by atoms with E-state index in [0.717, 1.165) is 28.1 Å². The lowest BCUT2D eigenvalue weighted by molar-refractivity contribution is 0.288. The van der Waals surface area contributed by atoms with Crippen molar-refractivity contribution in [1.29, 1.82) is 0 Å². The number of nitrogens with one attached hydrogen (secondary N) is 1. The molecule has 0 bridgehead atoms. The quantitative estimate of drug-likeness (QED) is 0.625. The summed E-state index contributed by atoms with van der Waals surface area (Å²) in [4.78, 5) is 2.12. The molecule has 1 N–H and O–H groups in total. The van der Waals surface area contributed by atoms with Crippen molar-refractivity contribution < 1.29 is 4.39 Å². The number of likely N-dealkylation sites (N-methyl/N-ethyl adjacent to an activating group) is 1. The molecule has 0 saturated heterocycles. The van der Waals surface area contributed by atoms with Gasteiger partial charge in [-0.1, -0.05) is 35.9 Å². The molecule has 0 spiro atoms. The highest BCUT2D eigenvalue weighted by atomic mass is 35.5. The third kappa shape index (κ3) is 4.61. The van der Waals surface area contributed by atoms with Crippen LogP contribution in [0, 0.1) is 19.7 Å². The summed E-state index contributed by atoms with van der Waals surface area (Å²) in [5.74, 6) is -0.222. The second-order valence-electron chi connectivity index (χ2n) is 7.27. The molecule has 0 radical (unpaired) electrons. The molecular formula is C22H26ClFN4. The summed E-state index contributed by atoms with van der Waals surface area (Å²) in [6.07, 6.45) is 0. The van der Waals surface area contributed by atoms with Gasteiger partial charge in [0.05, 0.1) is 11.4 Å². The summed E-state index contributed by atoms with van der Waals surface area (Å²) >= 11 is 6.64. The number of aryl methyl sites for hydroxylation is 2. The maximum atomic E-state index is 13.2.